The zero-order valence-corrected chi connectivity index (χ0v) is 15.3. The molecule has 0 bridgehead atoms. The second-order valence-electron chi connectivity index (χ2n) is 5.22. The molecule has 2 aromatic carbocycles. The molecule has 0 fully saturated rings. The SMILES string of the molecule is COc1ccc(NC(N)=NCCNC(=O)c2ccc(Cl)cc2)cc1OC. The van der Waals surface area contributed by atoms with Crippen LogP contribution < -0.4 is 25.8 Å². The molecule has 0 unspecified atom stereocenters. The number of amides is 1. The normalized spacial score (nSPS) is 11.0. The standard InChI is InChI=1S/C18H21ClN4O3/c1-25-15-8-7-14(11-16(15)26-2)23-18(20)22-10-9-21-17(24)12-3-5-13(19)6-4-12/h3-8,11H,9-10H2,1-2H3,(H,21,24)(H3,20,22,23). The molecular weight excluding hydrogens is 356 g/mol. The number of ether oxygens (including phenoxy) is 2. The highest BCUT2D eigenvalue weighted by atomic mass is 35.5. The van der Waals surface area contributed by atoms with Gasteiger partial charge in [-0.15, -0.1) is 0 Å². The lowest BCUT2D eigenvalue weighted by molar-refractivity contribution is 0.0955. The van der Waals surface area contributed by atoms with E-state index < -0.39 is 0 Å². The first-order valence-electron chi connectivity index (χ1n) is 7.86. The smallest absolute Gasteiger partial charge is 0.251 e. The van der Waals surface area contributed by atoms with Gasteiger partial charge in [-0.3, -0.25) is 9.79 Å². The number of rotatable bonds is 7. The van der Waals surface area contributed by atoms with Crippen LogP contribution in [-0.4, -0.2) is 39.2 Å². The maximum Gasteiger partial charge on any atom is 0.251 e. The fourth-order valence-electron chi connectivity index (χ4n) is 2.15. The number of anilines is 1. The van der Waals surface area contributed by atoms with Crippen molar-refractivity contribution in [2.75, 3.05) is 32.6 Å². The number of hydrogen-bond donors (Lipinski definition) is 3. The molecule has 7 nitrogen and oxygen atoms in total. The number of carbonyl (C=O) groups is 1. The third-order valence-electron chi connectivity index (χ3n) is 3.44. The maximum atomic E-state index is 11.9. The number of nitrogens with zero attached hydrogens (tertiary/aromatic N) is 1. The highest BCUT2D eigenvalue weighted by Gasteiger charge is 2.06. The van der Waals surface area contributed by atoms with E-state index in [2.05, 4.69) is 15.6 Å². The molecule has 0 aromatic heterocycles. The number of aliphatic imine (C=N–C) groups is 1. The van der Waals surface area contributed by atoms with Crippen LogP contribution in [-0.2, 0) is 0 Å². The van der Waals surface area contributed by atoms with Gasteiger partial charge in [-0.05, 0) is 36.4 Å². The third kappa shape index (κ3) is 5.56. The zero-order chi connectivity index (χ0) is 18.9. The number of guanidine groups is 1. The molecule has 0 radical (unpaired) electrons. The van der Waals surface area contributed by atoms with Crippen LogP contribution in [0.4, 0.5) is 5.69 Å². The molecule has 26 heavy (non-hydrogen) atoms. The minimum Gasteiger partial charge on any atom is -0.493 e. The predicted molar refractivity (Wildman–Crippen MR) is 103 cm³/mol. The fraction of sp³-hybridized carbons (Fsp3) is 0.222. The van der Waals surface area contributed by atoms with Gasteiger partial charge in [-0.25, -0.2) is 0 Å². The van der Waals surface area contributed by atoms with E-state index in [4.69, 9.17) is 26.8 Å². The summed E-state index contributed by atoms with van der Waals surface area (Å²) in [5.41, 5.74) is 7.11. The lowest BCUT2D eigenvalue weighted by Crippen LogP contribution is -2.28. The van der Waals surface area contributed by atoms with Crippen molar-refractivity contribution >= 4 is 29.2 Å². The Hall–Kier alpha value is -2.93. The van der Waals surface area contributed by atoms with E-state index in [1.807, 2.05) is 0 Å². The molecule has 0 aliphatic carbocycles. The first-order chi connectivity index (χ1) is 12.5. The zero-order valence-electron chi connectivity index (χ0n) is 14.6. The topological polar surface area (TPSA) is 98.0 Å². The molecule has 4 N–H and O–H groups in total. The van der Waals surface area contributed by atoms with Crippen molar-refractivity contribution in [1.82, 2.24) is 5.32 Å². The van der Waals surface area contributed by atoms with Crippen LogP contribution in [0.3, 0.4) is 0 Å². The highest BCUT2D eigenvalue weighted by Crippen LogP contribution is 2.29. The number of nitrogens with two attached hydrogens (primary N) is 1. The van der Waals surface area contributed by atoms with E-state index in [-0.39, 0.29) is 11.9 Å². The van der Waals surface area contributed by atoms with Gasteiger partial charge in [0.1, 0.15) is 0 Å². The average Bonchev–Trinajstić information content (AvgIpc) is 2.65. The lowest BCUT2D eigenvalue weighted by Gasteiger charge is -2.11. The van der Waals surface area contributed by atoms with Crippen LogP contribution in [0.1, 0.15) is 10.4 Å². The number of hydrogen-bond acceptors (Lipinski definition) is 4. The fourth-order valence-corrected chi connectivity index (χ4v) is 2.28. The summed E-state index contributed by atoms with van der Waals surface area (Å²) in [5, 5.41) is 6.30. The van der Waals surface area contributed by atoms with Gasteiger partial charge in [0.05, 0.1) is 20.8 Å². The predicted octanol–water partition coefficient (Wildman–Crippen LogP) is 2.51. The van der Waals surface area contributed by atoms with Crippen molar-refractivity contribution in [3.8, 4) is 11.5 Å². The van der Waals surface area contributed by atoms with Gasteiger partial charge in [-0.2, -0.15) is 0 Å². The molecule has 0 aliphatic rings. The Bertz CT molecular complexity index is 779. The largest absolute Gasteiger partial charge is 0.493 e. The third-order valence-corrected chi connectivity index (χ3v) is 3.69. The molecule has 2 rings (SSSR count). The summed E-state index contributed by atoms with van der Waals surface area (Å²) in [5.74, 6) is 1.25. The van der Waals surface area contributed by atoms with E-state index in [9.17, 15) is 4.79 Å². The van der Waals surface area contributed by atoms with Crippen LogP contribution >= 0.6 is 11.6 Å². The molecule has 8 heteroatoms. The van der Waals surface area contributed by atoms with Gasteiger partial charge in [0.2, 0.25) is 0 Å². The number of benzene rings is 2. The molecule has 1 amide bonds. The first kappa shape index (κ1) is 19.4. The van der Waals surface area contributed by atoms with Crippen molar-refractivity contribution in [3.05, 3.63) is 53.1 Å². The summed E-state index contributed by atoms with van der Waals surface area (Å²) in [6.45, 7) is 0.696. The van der Waals surface area contributed by atoms with Gasteiger partial charge in [0, 0.05) is 28.9 Å². The molecule has 0 saturated carbocycles. The molecule has 0 saturated heterocycles. The van der Waals surface area contributed by atoms with E-state index >= 15 is 0 Å². The Morgan fingerprint density at radius 3 is 2.46 bits per heavy atom. The van der Waals surface area contributed by atoms with E-state index in [0.29, 0.717) is 40.9 Å². The van der Waals surface area contributed by atoms with Crippen LogP contribution in [0.25, 0.3) is 0 Å². The Morgan fingerprint density at radius 1 is 1.12 bits per heavy atom. The summed E-state index contributed by atoms with van der Waals surface area (Å²) >= 11 is 5.80. The lowest BCUT2D eigenvalue weighted by atomic mass is 10.2. The second-order valence-corrected chi connectivity index (χ2v) is 5.66. The maximum absolute atomic E-state index is 11.9. The number of halogens is 1. The molecule has 0 aliphatic heterocycles. The van der Waals surface area contributed by atoms with Crippen molar-refractivity contribution in [2.45, 2.75) is 0 Å². The monoisotopic (exact) mass is 376 g/mol. The number of nitrogens with one attached hydrogen (secondary N) is 2. The van der Waals surface area contributed by atoms with E-state index in [0.717, 1.165) is 0 Å². The Kier molecular flexibility index (Phi) is 7.11. The van der Waals surface area contributed by atoms with Gasteiger partial charge in [0.15, 0.2) is 17.5 Å². The molecule has 0 atom stereocenters. The van der Waals surface area contributed by atoms with Gasteiger partial charge >= 0.3 is 0 Å². The highest BCUT2D eigenvalue weighted by molar-refractivity contribution is 6.30. The van der Waals surface area contributed by atoms with Crippen molar-refractivity contribution in [1.29, 1.82) is 0 Å². The Morgan fingerprint density at radius 2 is 1.81 bits per heavy atom. The number of carbonyl (C=O) groups excluding carboxylic acids is 1. The van der Waals surface area contributed by atoms with Gasteiger partial charge < -0.3 is 25.8 Å². The Balaban J connectivity index is 1.83. The van der Waals surface area contributed by atoms with Crippen LogP contribution in [0.5, 0.6) is 11.5 Å². The van der Waals surface area contributed by atoms with Crippen molar-refractivity contribution in [2.24, 2.45) is 10.7 Å². The van der Waals surface area contributed by atoms with Crippen LogP contribution in [0.2, 0.25) is 5.02 Å². The van der Waals surface area contributed by atoms with Crippen molar-refractivity contribution in [3.63, 3.8) is 0 Å². The summed E-state index contributed by atoms with van der Waals surface area (Å²) in [7, 11) is 3.13. The second kappa shape index (κ2) is 9.53. The quantitative estimate of drug-likeness (QED) is 0.392. The van der Waals surface area contributed by atoms with Crippen LogP contribution in [0.15, 0.2) is 47.5 Å². The summed E-state index contributed by atoms with van der Waals surface area (Å²) in [6, 6.07) is 12.0. The summed E-state index contributed by atoms with van der Waals surface area (Å²) in [6.07, 6.45) is 0. The van der Waals surface area contributed by atoms with Crippen LogP contribution in [0, 0.1) is 0 Å². The minimum absolute atomic E-state index is 0.191. The molecule has 2 aromatic rings. The van der Waals surface area contributed by atoms with Gasteiger partial charge in [-0.1, -0.05) is 11.6 Å². The van der Waals surface area contributed by atoms with E-state index in [1.165, 1.54) is 0 Å². The molecular formula is C18H21ClN4O3. The first-order valence-corrected chi connectivity index (χ1v) is 8.24. The van der Waals surface area contributed by atoms with Gasteiger partial charge in [0.25, 0.3) is 5.91 Å². The summed E-state index contributed by atoms with van der Waals surface area (Å²) < 4.78 is 10.4. The summed E-state index contributed by atoms with van der Waals surface area (Å²) in [4.78, 5) is 16.1. The van der Waals surface area contributed by atoms with E-state index in [1.54, 1.807) is 56.7 Å². The number of methoxy groups -OCH3 is 2. The molecule has 138 valence electrons. The average molecular weight is 377 g/mol. The van der Waals surface area contributed by atoms with Crippen molar-refractivity contribution < 1.29 is 14.3 Å². The molecule has 0 heterocycles. The minimum atomic E-state index is -0.191. The molecule has 0 spiro atoms. The Labute approximate surface area is 157 Å².